The number of sulfone groups is 1. The predicted molar refractivity (Wildman–Crippen MR) is 62.2 cm³/mol. The van der Waals surface area contributed by atoms with Gasteiger partial charge in [-0.3, -0.25) is 0 Å². The van der Waals surface area contributed by atoms with Crippen LogP contribution in [-0.4, -0.2) is 19.4 Å². The Labute approximate surface area is 89.0 Å². The van der Waals surface area contributed by atoms with Crippen molar-refractivity contribution in [3.63, 3.8) is 0 Å². The molecule has 0 bridgehead atoms. The molecular weight excluding hydrogens is 196 g/mol. The van der Waals surface area contributed by atoms with Crippen molar-refractivity contribution in [2.75, 3.05) is 6.26 Å². The minimum atomic E-state index is -2.96. The summed E-state index contributed by atoms with van der Waals surface area (Å²) in [6.07, 6.45) is 3.79. The Balaban J connectivity index is 4.93. The smallest absolute Gasteiger partial charge is 0.152 e. The summed E-state index contributed by atoms with van der Waals surface area (Å²) in [6.45, 7) is 10.2. The summed E-state index contributed by atoms with van der Waals surface area (Å²) in [4.78, 5) is 0. The molecule has 0 saturated carbocycles. The highest BCUT2D eigenvalue weighted by Crippen LogP contribution is 2.37. The first-order chi connectivity index (χ1) is 6.08. The number of hydrogen-bond donors (Lipinski definition) is 0. The fourth-order valence-corrected chi connectivity index (χ4v) is 2.83. The van der Waals surface area contributed by atoms with Gasteiger partial charge in [0.2, 0.25) is 0 Å². The SMILES string of the molecule is CCC(C)(C)CC(C)(CC)S(C)(=O)=O. The summed E-state index contributed by atoms with van der Waals surface area (Å²) < 4.78 is 22.8. The summed E-state index contributed by atoms with van der Waals surface area (Å²) in [5.74, 6) is 0. The van der Waals surface area contributed by atoms with Crippen LogP contribution in [0.3, 0.4) is 0 Å². The molecule has 0 N–H and O–H groups in total. The summed E-state index contributed by atoms with van der Waals surface area (Å²) in [6, 6.07) is 0. The summed E-state index contributed by atoms with van der Waals surface area (Å²) in [7, 11) is -2.96. The van der Waals surface area contributed by atoms with Crippen LogP contribution in [0.4, 0.5) is 0 Å². The molecule has 0 saturated heterocycles. The first kappa shape index (κ1) is 13.9. The van der Waals surface area contributed by atoms with Crippen LogP contribution < -0.4 is 0 Å². The minimum absolute atomic E-state index is 0.105. The standard InChI is InChI=1S/C11H24O2S/c1-7-10(3,4)9-11(5,8-2)14(6,12)13/h7-9H2,1-6H3. The van der Waals surface area contributed by atoms with Crippen molar-refractivity contribution >= 4 is 9.84 Å². The second kappa shape index (κ2) is 4.21. The van der Waals surface area contributed by atoms with E-state index in [2.05, 4.69) is 20.8 Å². The summed E-state index contributed by atoms with van der Waals surface area (Å²) >= 11 is 0. The molecule has 0 aliphatic heterocycles. The van der Waals surface area contributed by atoms with Gasteiger partial charge >= 0.3 is 0 Å². The van der Waals surface area contributed by atoms with Gasteiger partial charge in [-0.25, -0.2) is 8.42 Å². The normalized spacial score (nSPS) is 17.9. The van der Waals surface area contributed by atoms with Crippen LogP contribution in [-0.2, 0) is 9.84 Å². The Kier molecular flexibility index (Phi) is 4.20. The van der Waals surface area contributed by atoms with Crippen molar-refractivity contribution in [2.45, 2.75) is 58.6 Å². The lowest BCUT2D eigenvalue weighted by Gasteiger charge is -2.35. The van der Waals surface area contributed by atoms with Crippen LogP contribution in [0, 0.1) is 5.41 Å². The molecule has 0 spiro atoms. The lowest BCUT2D eigenvalue weighted by atomic mass is 9.80. The van der Waals surface area contributed by atoms with E-state index < -0.39 is 14.6 Å². The largest absolute Gasteiger partial charge is 0.229 e. The van der Waals surface area contributed by atoms with Crippen LogP contribution in [0.5, 0.6) is 0 Å². The van der Waals surface area contributed by atoms with E-state index in [0.29, 0.717) is 6.42 Å². The zero-order valence-corrected chi connectivity index (χ0v) is 11.2. The van der Waals surface area contributed by atoms with Crippen LogP contribution in [0.1, 0.15) is 53.9 Å². The fraction of sp³-hybridized carbons (Fsp3) is 1.00. The summed E-state index contributed by atoms with van der Waals surface area (Å²) in [5.41, 5.74) is 0.105. The molecule has 0 aromatic carbocycles. The van der Waals surface area contributed by atoms with Crippen molar-refractivity contribution in [1.82, 2.24) is 0 Å². The maximum absolute atomic E-state index is 11.7. The first-order valence-corrected chi connectivity index (χ1v) is 7.17. The Bertz CT molecular complexity index is 278. The van der Waals surface area contributed by atoms with E-state index >= 15 is 0 Å². The monoisotopic (exact) mass is 220 g/mol. The Morgan fingerprint density at radius 2 is 1.43 bits per heavy atom. The highest BCUT2D eigenvalue weighted by atomic mass is 32.2. The molecule has 0 fully saturated rings. The van der Waals surface area contributed by atoms with Gasteiger partial charge in [0.15, 0.2) is 9.84 Å². The van der Waals surface area contributed by atoms with E-state index in [4.69, 9.17) is 0 Å². The Morgan fingerprint density at radius 3 is 1.64 bits per heavy atom. The van der Waals surface area contributed by atoms with Crippen LogP contribution >= 0.6 is 0 Å². The predicted octanol–water partition coefficient (Wildman–Crippen LogP) is 3.03. The van der Waals surface area contributed by atoms with Gasteiger partial charge in [0.05, 0.1) is 4.75 Å². The van der Waals surface area contributed by atoms with E-state index in [9.17, 15) is 8.42 Å². The van der Waals surface area contributed by atoms with Gasteiger partial charge in [-0.15, -0.1) is 0 Å². The third kappa shape index (κ3) is 3.26. The molecule has 14 heavy (non-hydrogen) atoms. The fourth-order valence-electron chi connectivity index (χ4n) is 1.66. The molecule has 0 rings (SSSR count). The van der Waals surface area contributed by atoms with Gasteiger partial charge < -0.3 is 0 Å². The van der Waals surface area contributed by atoms with Crippen molar-refractivity contribution in [3.05, 3.63) is 0 Å². The van der Waals surface area contributed by atoms with E-state index in [1.807, 2.05) is 13.8 Å². The van der Waals surface area contributed by atoms with Crippen LogP contribution in [0.2, 0.25) is 0 Å². The number of rotatable bonds is 5. The quantitative estimate of drug-likeness (QED) is 0.713. The Hall–Kier alpha value is -0.0500. The van der Waals surface area contributed by atoms with Gasteiger partial charge in [0.1, 0.15) is 0 Å². The molecule has 0 heterocycles. The zero-order chi connectivity index (χ0) is 11.6. The molecule has 3 heteroatoms. The average molecular weight is 220 g/mol. The molecule has 2 nitrogen and oxygen atoms in total. The van der Waals surface area contributed by atoms with Crippen molar-refractivity contribution < 1.29 is 8.42 Å². The molecule has 0 amide bonds. The van der Waals surface area contributed by atoms with Gasteiger partial charge in [-0.1, -0.05) is 34.1 Å². The summed E-state index contributed by atoms with van der Waals surface area (Å²) in [5, 5.41) is 0. The topological polar surface area (TPSA) is 34.1 Å². The molecular formula is C11H24O2S. The number of hydrogen-bond acceptors (Lipinski definition) is 2. The second-order valence-corrected chi connectivity index (χ2v) is 7.80. The van der Waals surface area contributed by atoms with Gasteiger partial charge in [-0.2, -0.15) is 0 Å². The van der Waals surface area contributed by atoms with Crippen molar-refractivity contribution in [1.29, 1.82) is 0 Å². The molecule has 1 unspecified atom stereocenters. The Morgan fingerprint density at radius 1 is 1.00 bits per heavy atom. The van der Waals surface area contributed by atoms with E-state index in [1.54, 1.807) is 0 Å². The lowest BCUT2D eigenvalue weighted by molar-refractivity contribution is 0.274. The van der Waals surface area contributed by atoms with Gasteiger partial charge in [0.25, 0.3) is 0 Å². The third-order valence-electron chi connectivity index (χ3n) is 3.45. The molecule has 0 radical (unpaired) electrons. The highest BCUT2D eigenvalue weighted by molar-refractivity contribution is 7.92. The maximum atomic E-state index is 11.7. The van der Waals surface area contributed by atoms with Crippen molar-refractivity contribution in [3.8, 4) is 0 Å². The first-order valence-electron chi connectivity index (χ1n) is 5.27. The maximum Gasteiger partial charge on any atom is 0.152 e. The molecule has 1 atom stereocenters. The molecule has 0 aliphatic carbocycles. The molecule has 86 valence electrons. The molecule has 0 aromatic rings. The van der Waals surface area contributed by atoms with Crippen LogP contribution in [0.25, 0.3) is 0 Å². The zero-order valence-electron chi connectivity index (χ0n) is 10.3. The van der Waals surface area contributed by atoms with Gasteiger partial charge in [-0.05, 0) is 25.2 Å². The van der Waals surface area contributed by atoms with Gasteiger partial charge in [0, 0.05) is 6.26 Å². The molecule has 0 aromatic heterocycles. The second-order valence-electron chi connectivity index (χ2n) is 5.27. The average Bonchev–Trinajstić information content (AvgIpc) is 2.01. The van der Waals surface area contributed by atoms with Crippen molar-refractivity contribution in [2.24, 2.45) is 5.41 Å². The van der Waals surface area contributed by atoms with E-state index in [0.717, 1.165) is 12.8 Å². The lowest BCUT2D eigenvalue weighted by Crippen LogP contribution is -2.38. The minimum Gasteiger partial charge on any atom is -0.229 e. The van der Waals surface area contributed by atoms with E-state index in [1.165, 1.54) is 6.26 Å². The third-order valence-corrected chi connectivity index (χ3v) is 5.68. The highest BCUT2D eigenvalue weighted by Gasteiger charge is 2.38. The van der Waals surface area contributed by atoms with Crippen LogP contribution in [0.15, 0.2) is 0 Å². The molecule has 0 aliphatic rings. The van der Waals surface area contributed by atoms with E-state index in [-0.39, 0.29) is 5.41 Å².